The van der Waals surface area contributed by atoms with Gasteiger partial charge >= 0.3 is 0 Å². The van der Waals surface area contributed by atoms with Crippen LogP contribution in [0.3, 0.4) is 0 Å². The predicted molar refractivity (Wildman–Crippen MR) is 99.0 cm³/mol. The number of carbonyl (C=O) groups excluding carboxylic acids is 2. The van der Waals surface area contributed by atoms with E-state index in [0.717, 1.165) is 0 Å². The molecule has 4 N–H and O–H groups in total. The summed E-state index contributed by atoms with van der Waals surface area (Å²) in [6.07, 6.45) is 2.89. The summed E-state index contributed by atoms with van der Waals surface area (Å²) in [6, 6.07) is 9.03. The predicted octanol–water partition coefficient (Wildman–Crippen LogP) is 3.13. The van der Waals surface area contributed by atoms with Gasteiger partial charge in [-0.2, -0.15) is 0 Å². The summed E-state index contributed by atoms with van der Waals surface area (Å²) in [5.74, 6) is -1.64. The van der Waals surface area contributed by atoms with E-state index < -0.39 is 21.3 Å². The fourth-order valence-corrected chi connectivity index (χ4v) is 2.30. The van der Waals surface area contributed by atoms with E-state index in [0.29, 0.717) is 10.7 Å². The van der Waals surface area contributed by atoms with Gasteiger partial charge in [0.1, 0.15) is 0 Å². The van der Waals surface area contributed by atoms with Crippen LogP contribution in [0.2, 0.25) is 5.02 Å². The van der Waals surface area contributed by atoms with Crippen LogP contribution in [-0.4, -0.2) is 26.3 Å². The van der Waals surface area contributed by atoms with Crippen LogP contribution in [0.15, 0.2) is 48.8 Å². The van der Waals surface area contributed by atoms with Gasteiger partial charge in [0.25, 0.3) is 11.8 Å². The highest BCUT2D eigenvalue weighted by molar-refractivity contribution is 6.69. The second-order valence-corrected chi connectivity index (χ2v) is 7.68. The number of aromatic nitrogens is 1. The highest BCUT2D eigenvalue weighted by Crippen LogP contribution is 2.36. The number of hydrogen-bond acceptors (Lipinski definition) is 4. The van der Waals surface area contributed by atoms with Gasteiger partial charge in [-0.25, -0.2) is 0 Å². The molecule has 1 aromatic heterocycles. The third-order valence-electron chi connectivity index (χ3n) is 3.14. The average molecular weight is 422 g/mol. The van der Waals surface area contributed by atoms with E-state index in [9.17, 15) is 9.59 Å². The molecule has 0 saturated heterocycles. The Hall–Kier alpha value is -1.57. The summed E-state index contributed by atoms with van der Waals surface area (Å²) < 4.78 is -2.33. The van der Waals surface area contributed by atoms with E-state index in [-0.39, 0.29) is 5.56 Å². The summed E-state index contributed by atoms with van der Waals surface area (Å²) in [7, 11) is 0. The standard InChI is InChI=1S/C15H12Cl4N4O2/c16-10-5-3-9(4-6-10)12(24)23-14(20,15(17,18)19)13(25)22-11-2-1-7-21-8-11/h1-8H,20H2,(H,22,25)(H,23,24). The molecule has 0 bridgehead atoms. The number of halogens is 4. The number of benzene rings is 1. The Morgan fingerprint density at radius 3 is 2.24 bits per heavy atom. The quantitative estimate of drug-likeness (QED) is 0.521. The molecule has 1 aromatic carbocycles. The van der Waals surface area contributed by atoms with Crippen molar-refractivity contribution in [2.75, 3.05) is 5.32 Å². The lowest BCUT2D eigenvalue weighted by Crippen LogP contribution is -2.70. The molecular weight excluding hydrogens is 410 g/mol. The van der Waals surface area contributed by atoms with E-state index in [1.54, 1.807) is 12.1 Å². The maximum Gasteiger partial charge on any atom is 0.269 e. The van der Waals surface area contributed by atoms with Gasteiger partial charge in [0, 0.05) is 16.8 Å². The van der Waals surface area contributed by atoms with E-state index in [1.165, 1.54) is 36.7 Å². The molecule has 1 unspecified atom stereocenters. The summed E-state index contributed by atoms with van der Waals surface area (Å²) in [6.45, 7) is 0. The first kappa shape index (κ1) is 19.8. The van der Waals surface area contributed by atoms with Crippen molar-refractivity contribution in [3.63, 3.8) is 0 Å². The molecule has 0 radical (unpaired) electrons. The van der Waals surface area contributed by atoms with Gasteiger partial charge in [-0.05, 0) is 36.4 Å². The number of carbonyl (C=O) groups is 2. The van der Waals surface area contributed by atoms with E-state index in [4.69, 9.17) is 52.1 Å². The molecule has 0 aliphatic rings. The molecule has 10 heteroatoms. The maximum atomic E-state index is 12.5. The summed E-state index contributed by atoms with van der Waals surface area (Å²) in [5, 5.41) is 5.13. The van der Waals surface area contributed by atoms with Crippen molar-refractivity contribution in [1.29, 1.82) is 0 Å². The molecule has 0 saturated carbocycles. The number of rotatable bonds is 4. The Balaban J connectivity index is 2.26. The number of nitrogens with zero attached hydrogens (tertiary/aromatic N) is 1. The van der Waals surface area contributed by atoms with E-state index >= 15 is 0 Å². The lowest BCUT2D eigenvalue weighted by Gasteiger charge is -2.34. The molecule has 132 valence electrons. The third-order valence-corrected chi connectivity index (χ3v) is 4.29. The molecule has 1 heterocycles. The second kappa shape index (κ2) is 7.76. The van der Waals surface area contributed by atoms with E-state index in [2.05, 4.69) is 15.6 Å². The van der Waals surface area contributed by atoms with Gasteiger partial charge < -0.3 is 10.6 Å². The van der Waals surface area contributed by atoms with Gasteiger partial charge in [-0.3, -0.25) is 20.3 Å². The summed E-state index contributed by atoms with van der Waals surface area (Å²) >= 11 is 23.3. The number of amides is 2. The van der Waals surface area contributed by atoms with Gasteiger partial charge in [0.2, 0.25) is 9.46 Å². The van der Waals surface area contributed by atoms with Crippen molar-refractivity contribution in [3.05, 3.63) is 59.4 Å². The lowest BCUT2D eigenvalue weighted by molar-refractivity contribution is -0.121. The molecule has 2 amide bonds. The first-order valence-electron chi connectivity index (χ1n) is 6.78. The van der Waals surface area contributed by atoms with Crippen LogP contribution in [0.25, 0.3) is 0 Å². The molecular formula is C15H12Cl4N4O2. The van der Waals surface area contributed by atoms with E-state index in [1.807, 2.05) is 0 Å². The number of pyridine rings is 1. The van der Waals surface area contributed by atoms with Crippen LogP contribution in [0.4, 0.5) is 5.69 Å². The zero-order chi connectivity index (χ0) is 18.7. The molecule has 0 aliphatic heterocycles. The van der Waals surface area contributed by atoms with Crippen molar-refractivity contribution in [1.82, 2.24) is 10.3 Å². The highest BCUT2D eigenvalue weighted by atomic mass is 35.6. The van der Waals surface area contributed by atoms with Crippen molar-refractivity contribution in [2.24, 2.45) is 5.73 Å². The molecule has 0 spiro atoms. The first-order valence-corrected chi connectivity index (χ1v) is 8.30. The smallest absolute Gasteiger partial charge is 0.269 e. The van der Waals surface area contributed by atoms with Crippen molar-refractivity contribution in [3.8, 4) is 0 Å². The van der Waals surface area contributed by atoms with Crippen LogP contribution in [0.5, 0.6) is 0 Å². The van der Waals surface area contributed by atoms with Gasteiger partial charge in [0.05, 0.1) is 11.9 Å². The zero-order valence-electron chi connectivity index (χ0n) is 12.5. The SMILES string of the molecule is NC(NC(=O)c1ccc(Cl)cc1)(C(=O)Nc1cccnc1)C(Cl)(Cl)Cl. The van der Waals surface area contributed by atoms with Crippen molar-refractivity contribution >= 4 is 63.9 Å². The third kappa shape index (κ3) is 4.74. The number of anilines is 1. The first-order chi connectivity index (χ1) is 11.6. The average Bonchev–Trinajstić information content (AvgIpc) is 2.55. The van der Waals surface area contributed by atoms with Crippen molar-refractivity contribution < 1.29 is 9.59 Å². The Kier molecular flexibility index (Phi) is 6.13. The molecule has 0 fully saturated rings. The minimum atomic E-state index is -2.34. The Morgan fingerprint density at radius 1 is 1.08 bits per heavy atom. The van der Waals surface area contributed by atoms with Gasteiger partial charge in [-0.1, -0.05) is 46.4 Å². The second-order valence-electron chi connectivity index (χ2n) is 4.96. The number of nitrogens with one attached hydrogen (secondary N) is 2. The minimum absolute atomic E-state index is 0.183. The van der Waals surface area contributed by atoms with Crippen LogP contribution >= 0.6 is 46.4 Å². The topological polar surface area (TPSA) is 97.1 Å². The monoisotopic (exact) mass is 420 g/mol. The molecule has 6 nitrogen and oxygen atoms in total. The fraction of sp³-hybridized carbons (Fsp3) is 0.133. The maximum absolute atomic E-state index is 12.5. The highest BCUT2D eigenvalue weighted by Gasteiger charge is 2.53. The number of hydrogen-bond donors (Lipinski definition) is 3. The van der Waals surface area contributed by atoms with Crippen LogP contribution in [0, 0.1) is 0 Å². The van der Waals surface area contributed by atoms with Crippen LogP contribution in [-0.2, 0) is 4.79 Å². The normalized spacial score (nSPS) is 13.6. The molecule has 25 heavy (non-hydrogen) atoms. The Bertz CT molecular complexity index is 765. The van der Waals surface area contributed by atoms with Crippen LogP contribution in [0.1, 0.15) is 10.4 Å². The summed E-state index contributed by atoms with van der Waals surface area (Å²) in [5.41, 5.74) is 4.11. The molecule has 1 atom stereocenters. The largest absolute Gasteiger partial charge is 0.322 e. The summed E-state index contributed by atoms with van der Waals surface area (Å²) in [4.78, 5) is 28.8. The minimum Gasteiger partial charge on any atom is -0.322 e. The van der Waals surface area contributed by atoms with Crippen molar-refractivity contribution in [2.45, 2.75) is 9.46 Å². The molecule has 2 rings (SSSR count). The van der Waals surface area contributed by atoms with Crippen LogP contribution < -0.4 is 16.4 Å². The number of alkyl halides is 3. The Labute approximate surface area is 163 Å². The number of nitrogens with two attached hydrogens (primary N) is 1. The molecule has 0 aliphatic carbocycles. The fourth-order valence-electron chi connectivity index (χ4n) is 1.78. The zero-order valence-corrected chi connectivity index (χ0v) is 15.5. The van der Waals surface area contributed by atoms with Gasteiger partial charge in [-0.15, -0.1) is 0 Å². The Morgan fingerprint density at radius 2 is 1.72 bits per heavy atom. The lowest BCUT2D eigenvalue weighted by atomic mass is 10.1. The van der Waals surface area contributed by atoms with Gasteiger partial charge in [0.15, 0.2) is 0 Å². The molecule has 2 aromatic rings.